The van der Waals surface area contributed by atoms with Crippen molar-refractivity contribution in [2.45, 2.75) is 25.7 Å². The summed E-state index contributed by atoms with van der Waals surface area (Å²) in [6.07, 6.45) is 1.49. The number of unbranched alkanes of at least 4 members (excludes halogenated alkanes) is 1. The first-order valence-electron chi connectivity index (χ1n) is 6.68. The van der Waals surface area contributed by atoms with Crippen LogP contribution in [0.1, 0.15) is 25.7 Å². The minimum atomic E-state index is -0.831. The summed E-state index contributed by atoms with van der Waals surface area (Å²) in [5, 5.41) is 13.7. The van der Waals surface area contributed by atoms with E-state index in [-0.39, 0.29) is 12.3 Å². The first-order chi connectivity index (χ1) is 10.1. The molecule has 1 aromatic carbocycles. The predicted octanol–water partition coefficient (Wildman–Crippen LogP) is 3.39. The zero-order chi connectivity index (χ0) is 15.1. The lowest BCUT2D eigenvalue weighted by atomic mass is 10.2. The van der Waals surface area contributed by atoms with Gasteiger partial charge in [-0.3, -0.25) is 9.59 Å². The van der Waals surface area contributed by atoms with Crippen molar-refractivity contribution >= 4 is 28.3 Å². The van der Waals surface area contributed by atoms with Crippen LogP contribution in [-0.4, -0.2) is 22.0 Å². The molecule has 0 aliphatic rings. The molecular formula is C15H16N2O3S. The van der Waals surface area contributed by atoms with Gasteiger partial charge >= 0.3 is 5.97 Å². The van der Waals surface area contributed by atoms with Crippen LogP contribution in [0, 0.1) is 0 Å². The second kappa shape index (κ2) is 7.54. The van der Waals surface area contributed by atoms with Gasteiger partial charge in [-0.1, -0.05) is 30.3 Å². The van der Waals surface area contributed by atoms with Gasteiger partial charge in [0, 0.05) is 23.8 Å². The number of aliphatic carboxylic acids is 1. The fourth-order valence-corrected chi connectivity index (χ4v) is 2.55. The zero-order valence-corrected chi connectivity index (χ0v) is 12.2. The van der Waals surface area contributed by atoms with Gasteiger partial charge in [0.15, 0.2) is 5.13 Å². The van der Waals surface area contributed by atoms with Crippen molar-refractivity contribution in [3.05, 3.63) is 35.7 Å². The molecule has 0 spiro atoms. The Morgan fingerprint density at radius 3 is 2.57 bits per heavy atom. The summed E-state index contributed by atoms with van der Waals surface area (Å²) in [5.41, 5.74) is 1.84. The number of aromatic nitrogens is 1. The van der Waals surface area contributed by atoms with E-state index >= 15 is 0 Å². The van der Waals surface area contributed by atoms with Gasteiger partial charge in [0.2, 0.25) is 5.91 Å². The fourth-order valence-electron chi connectivity index (χ4n) is 1.82. The van der Waals surface area contributed by atoms with Crippen LogP contribution in [0.4, 0.5) is 5.13 Å². The maximum atomic E-state index is 11.7. The molecule has 21 heavy (non-hydrogen) atoms. The first-order valence-corrected chi connectivity index (χ1v) is 7.56. The fraction of sp³-hybridized carbons (Fsp3) is 0.267. The van der Waals surface area contributed by atoms with Crippen LogP contribution in [0.2, 0.25) is 0 Å². The van der Waals surface area contributed by atoms with Crippen molar-refractivity contribution in [2.75, 3.05) is 5.32 Å². The summed E-state index contributed by atoms with van der Waals surface area (Å²) in [6, 6.07) is 9.75. The van der Waals surface area contributed by atoms with Crippen LogP contribution in [0.25, 0.3) is 11.3 Å². The van der Waals surface area contributed by atoms with Gasteiger partial charge in [-0.05, 0) is 12.8 Å². The number of carboxylic acid groups (broad SMARTS) is 1. The molecule has 2 N–H and O–H groups in total. The Bertz CT molecular complexity index is 610. The number of carboxylic acids is 1. The highest BCUT2D eigenvalue weighted by molar-refractivity contribution is 7.14. The molecule has 1 amide bonds. The van der Waals surface area contributed by atoms with E-state index < -0.39 is 5.97 Å². The quantitative estimate of drug-likeness (QED) is 0.768. The Hall–Kier alpha value is -2.21. The summed E-state index contributed by atoms with van der Waals surface area (Å²) in [6.45, 7) is 0. The van der Waals surface area contributed by atoms with Gasteiger partial charge in [0.25, 0.3) is 0 Å². The van der Waals surface area contributed by atoms with Crippen molar-refractivity contribution in [2.24, 2.45) is 0 Å². The second-order valence-corrected chi connectivity index (χ2v) is 5.41. The van der Waals surface area contributed by atoms with E-state index in [1.807, 2.05) is 35.7 Å². The van der Waals surface area contributed by atoms with Gasteiger partial charge in [-0.15, -0.1) is 11.3 Å². The topological polar surface area (TPSA) is 79.3 Å². The lowest BCUT2D eigenvalue weighted by Crippen LogP contribution is -2.11. The van der Waals surface area contributed by atoms with E-state index in [0.29, 0.717) is 24.4 Å². The largest absolute Gasteiger partial charge is 0.481 e. The molecule has 0 saturated heterocycles. The number of carbonyl (C=O) groups is 2. The van der Waals surface area contributed by atoms with E-state index in [1.165, 1.54) is 11.3 Å². The third kappa shape index (κ3) is 5.00. The van der Waals surface area contributed by atoms with Crippen LogP contribution in [0.15, 0.2) is 35.7 Å². The number of carbonyl (C=O) groups excluding carboxylic acids is 1. The molecule has 0 atom stereocenters. The zero-order valence-electron chi connectivity index (χ0n) is 11.4. The number of hydrogen-bond acceptors (Lipinski definition) is 4. The smallest absolute Gasteiger partial charge is 0.303 e. The summed E-state index contributed by atoms with van der Waals surface area (Å²) < 4.78 is 0. The van der Waals surface area contributed by atoms with Crippen LogP contribution < -0.4 is 5.32 Å². The molecule has 1 heterocycles. The molecule has 0 unspecified atom stereocenters. The lowest BCUT2D eigenvalue weighted by molar-refractivity contribution is -0.137. The van der Waals surface area contributed by atoms with Gasteiger partial charge in [-0.2, -0.15) is 0 Å². The molecule has 2 rings (SSSR count). The molecule has 0 bridgehead atoms. The summed E-state index contributed by atoms with van der Waals surface area (Å²) in [7, 11) is 0. The molecule has 1 aromatic heterocycles. The Morgan fingerprint density at radius 2 is 1.86 bits per heavy atom. The number of nitrogens with zero attached hydrogens (tertiary/aromatic N) is 1. The standard InChI is InChI=1S/C15H16N2O3S/c18-13(8-4-5-9-14(19)20)17-15-16-12(10-21-15)11-6-2-1-3-7-11/h1-3,6-7,10H,4-5,8-9H2,(H,19,20)(H,16,17,18). The normalized spacial score (nSPS) is 10.3. The highest BCUT2D eigenvalue weighted by Crippen LogP contribution is 2.24. The Morgan fingerprint density at radius 1 is 1.14 bits per heavy atom. The van der Waals surface area contributed by atoms with Crippen LogP contribution in [0.3, 0.4) is 0 Å². The SMILES string of the molecule is O=C(O)CCCCC(=O)Nc1nc(-c2ccccc2)cs1. The summed E-state index contributed by atoms with van der Waals surface area (Å²) >= 11 is 1.38. The van der Waals surface area contributed by atoms with E-state index in [1.54, 1.807) is 0 Å². The molecule has 2 aromatic rings. The Kier molecular flexibility index (Phi) is 5.45. The maximum Gasteiger partial charge on any atom is 0.303 e. The summed E-state index contributed by atoms with van der Waals surface area (Å²) in [5.74, 6) is -0.961. The van der Waals surface area contributed by atoms with Crippen LogP contribution in [0.5, 0.6) is 0 Å². The highest BCUT2D eigenvalue weighted by Gasteiger charge is 2.08. The van der Waals surface area contributed by atoms with E-state index in [2.05, 4.69) is 10.3 Å². The first kappa shape index (κ1) is 15.2. The monoisotopic (exact) mass is 304 g/mol. The van der Waals surface area contributed by atoms with Gasteiger partial charge < -0.3 is 10.4 Å². The molecule has 0 aliphatic heterocycles. The molecule has 6 heteroatoms. The Labute approximate surface area is 126 Å². The predicted molar refractivity (Wildman–Crippen MR) is 82.3 cm³/mol. The molecule has 0 radical (unpaired) electrons. The summed E-state index contributed by atoms with van der Waals surface area (Å²) in [4.78, 5) is 26.4. The second-order valence-electron chi connectivity index (χ2n) is 4.55. The molecule has 5 nitrogen and oxygen atoms in total. The molecular weight excluding hydrogens is 288 g/mol. The lowest BCUT2D eigenvalue weighted by Gasteiger charge is -2.01. The van der Waals surface area contributed by atoms with Crippen molar-refractivity contribution < 1.29 is 14.7 Å². The molecule has 0 fully saturated rings. The van der Waals surface area contributed by atoms with E-state index in [0.717, 1.165) is 11.3 Å². The van der Waals surface area contributed by atoms with Crippen LogP contribution >= 0.6 is 11.3 Å². The number of thiazole rings is 1. The van der Waals surface area contributed by atoms with E-state index in [9.17, 15) is 9.59 Å². The minimum absolute atomic E-state index is 0.0999. The highest BCUT2D eigenvalue weighted by atomic mass is 32.1. The van der Waals surface area contributed by atoms with Crippen LogP contribution in [-0.2, 0) is 9.59 Å². The van der Waals surface area contributed by atoms with Gasteiger partial charge in [0.05, 0.1) is 5.69 Å². The number of rotatable bonds is 7. The van der Waals surface area contributed by atoms with Gasteiger partial charge in [0.1, 0.15) is 0 Å². The number of anilines is 1. The molecule has 0 aliphatic carbocycles. The van der Waals surface area contributed by atoms with Crippen molar-refractivity contribution in [1.82, 2.24) is 4.98 Å². The molecule has 110 valence electrons. The third-order valence-electron chi connectivity index (χ3n) is 2.86. The third-order valence-corrected chi connectivity index (χ3v) is 3.62. The number of amides is 1. The molecule has 0 saturated carbocycles. The number of hydrogen-bond donors (Lipinski definition) is 2. The number of benzene rings is 1. The Balaban J connectivity index is 1.82. The van der Waals surface area contributed by atoms with Gasteiger partial charge in [-0.25, -0.2) is 4.98 Å². The van der Waals surface area contributed by atoms with Crippen molar-refractivity contribution in [3.63, 3.8) is 0 Å². The average molecular weight is 304 g/mol. The average Bonchev–Trinajstić information content (AvgIpc) is 2.93. The minimum Gasteiger partial charge on any atom is -0.481 e. The van der Waals surface area contributed by atoms with Crippen molar-refractivity contribution in [1.29, 1.82) is 0 Å². The number of nitrogens with one attached hydrogen (secondary N) is 1. The van der Waals surface area contributed by atoms with E-state index in [4.69, 9.17) is 5.11 Å². The van der Waals surface area contributed by atoms with Crippen molar-refractivity contribution in [3.8, 4) is 11.3 Å². The maximum absolute atomic E-state index is 11.7.